The molecular formula is C14H19BrN2O2. The molecule has 4 nitrogen and oxygen atoms in total. The fourth-order valence-corrected chi connectivity index (χ4v) is 3.35. The number of nitrogens with one attached hydrogen (secondary N) is 1. The number of benzene rings is 1. The first kappa shape index (κ1) is 13.2. The average molecular weight is 327 g/mol. The molecule has 19 heavy (non-hydrogen) atoms. The molecule has 0 bridgehead atoms. The maximum Gasteiger partial charge on any atom is 0.231 e. The van der Waals surface area contributed by atoms with E-state index in [1.54, 1.807) is 0 Å². The van der Waals surface area contributed by atoms with Crippen LogP contribution in [0.25, 0.3) is 0 Å². The summed E-state index contributed by atoms with van der Waals surface area (Å²) in [7, 11) is 2.20. The zero-order chi connectivity index (χ0) is 13.2. The first-order valence-corrected chi connectivity index (χ1v) is 7.52. The van der Waals surface area contributed by atoms with Crippen LogP contribution in [0.15, 0.2) is 16.6 Å². The number of halogens is 1. The summed E-state index contributed by atoms with van der Waals surface area (Å²) in [6.45, 7) is 3.45. The Kier molecular flexibility index (Phi) is 3.96. The Morgan fingerprint density at radius 1 is 1.42 bits per heavy atom. The van der Waals surface area contributed by atoms with E-state index in [0.717, 1.165) is 29.1 Å². The highest BCUT2D eigenvalue weighted by Crippen LogP contribution is 2.39. The van der Waals surface area contributed by atoms with Crippen molar-refractivity contribution in [1.29, 1.82) is 0 Å². The molecule has 0 amide bonds. The molecule has 5 heteroatoms. The lowest BCUT2D eigenvalue weighted by molar-refractivity contribution is 0.173. The van der Waals surface area contributed by atoms with Crippen LogP contribution in [0.2, 0.25) is 0 Å². The van der Waals surface area contributed by atoms with Crippen LogP contribution >= 0.6 is 15.9 Å². The molecule has 2 aliphatic heterocycles. The summed E-state index contributed by atoms with van der Waals surface area (Å²) in [5.74, 6) is 1.66. The van der Waals surface area contributed by atoms with Crippen LogP contribution < -0.4 is 14.8 Å². The molecule has 1 saturated heterocycles. The van der Waals surface area contributed by atoms with E-state index in [9.17, 15) is 0 Å². The van der Waals surface area contributed by atoms with Crippen molar-refractivity contribution < 1.29 is 9.47 Å². The summed E-state index contributed by atoms with van der Waals surface area (Å²) in [5.41, 5.74) is 1.22. The van der Waals surface area contributed by atoms with Crippen molar-refractivity contribution in [3.05, 3.63) is 22.2 Å². The van der Waals surface area contributed by atoms with Crippen LogP contribution in [-0.4, -0.2) is 37.9 Å². The van der Waals surface area contributed by atoms with Crippen molar-refractivity contribution in [2.75, 3.05) is 26.9 Å². The van der Waals surface area contributed by atoms with E-state index in [1.165, 1.54) is 24.9 Å². The summed E-state index contributed by atoms with van der Waals surface area (Å²) in [6.07, 6.45) is 2.62. The Balaban J connectivity index is 1.57. The summed E-state index contributed by atoms with van der Waals surface area (Å²) in [5, 5.41) is 3.53. The van der Waals surface area contributed by atoms with Gasteiger partial charge in [-0.2, -0.15) is 0 Å². The van der Waals surface area contributed by atoms with Gasteiger partial charge in [0.2, 0.25) is 6.79 Å². The highest BCUT2D eigenvalue weighted by molar-refractivity contribution is 9.10. The summed E-state index contributed by atoms with van der Waals surface area (Å²) >= 11 is 3.52. The molecule has 1 N–H and O–H groups in total. The molecule has 1 atom stereocenters. The molecule has 0 aromatic heterocycles. The molecule has 2 aliphatic rings. The Morgan fingerprint density at radius 3 is 3.11 bits per heavy atom. The van der Waals surface area contributed by atoms with Gasteiger partial charge in [0.15, 0.2) is 11.5 Å². The zero-order valence-electron chi connectivity index (χ0n) is 11.1. The molecule has 1 aromatic rings. The van der Waals surface area contributed by atoms with Crippen LogP contribution in [0.3, 0.4) is 0 Å². The van der Waals surface area contributed by atoms with Gasteiger partial charge in [0.1, 0.15) is 0 Å². The van der Waals surface area contributed by atoms with Crippen LogP contribution in [0.1, 0.15) is 18.4 Å². The third kappa shape index (κ3) is 2.88. The molecule has 0 spiro atoms. The molecule has 0 saturated carbocycles. The smallest absolute Gasteiger partial charge is 0.231 e. The van der Waals surface area contributed by atoms with Crippen LogP contribution in [0, 0.1) is 0 Å². The lowest BCUT2D eigenvalue weighted by Gasteiger charge is -2.19. The van der Waals surface area contributed by atoms with Gasteiger partial charge in [-0.25, -0.2) is 0 Å². The molecule has 1 aromatic carbocycles. The predicted octanol–water partition coefficient (Wildman–Crippen LogP) is 2.36. The average Bonchev–Trinajstić information content (AvgIpc) is 2.99. The minimum absolute atomic E-state index is 0.317. The topological polar surface area (TPSA) is 33.7 Å². The maximum absolute atomic E-state index is 5.43. The van der Waals surface area contributed by atoms with Gasteiger partial charge in [0.05, 0.1) is 4.47 Å². The summed E-state index contributed by atoms with van der Waals surface area (Å²) < 4.78 is 11.8. The fourth-order valence-electron chi connectivity index (χ4n) is 2.74. The Morgan fingerprint density at radius 2 is 2.32 bits per heavy atom. The lowest BCUT2D eigenvalue weighted by atomic mass is 10.2. The van der Waals surface area contributed by atoms with E-state index in [-0.39, 0.29) is 0 Å². The van der Waals surface area contributed by atoms with Crippen LogP contribution in [0.4, 0.5) is 0 Å². The number of fused-ring (bicyclic) bond motifs is 1. The number of ether oxygens (including phenoxy) is 2. The Bertz CT molecular complexity index is 467. The number of nitrogens with zero attached hydrogens (tertiary/aromatic N) is 1. The molecule has 1 fully saturated rings. The van der Waals surface area contributed by atoms with E-state index in [2.05, 4.69) is 45.3 Å². The van der Waals surface area contributed by atoms with E-state index in [1.807, 2.05) is 0 Å². The highest BCUT2D eigenvalue weighted by Gasteiger charge is 2.21. The van der Waals surface area contributed by atoms with Gasteiger partial charge in [-0.1, -0.05) is 0 Å². The van der Waals surface area contributed by atoms with Crippen molar-refractivity contribution in [3.63, 3.8) is 0 Å². The molecule has 3 rings (SSSR count). The normalized spacial score (nSPS) is 22.1. The van der Waals surface area contributed by atoms with E-state index in [4.69, 9.17) is 9.47 Å². The Labute approximate surface area is 122 Å². The quantitative estimate of drug-likeness (QED) is 0.921. The molecule has 0 aliphatic carbocycles. The maximum atomic E-state index is 5.43. The molecule has 1 unspecified atom stereocenters. The SMILES string of the molecule is CN1CCCC1CNCc1cc(Br)c2c(c1)OCO2. The fraction of sp³-hybridized carbons (Fsp3) is 0.571. The van der Waals surface area contributed by atoms with Crippen molar-refractivity contribution in [3.8, 4) is 11.5 Å². The molecule has 0 radical (unpaired) electrons. The minimum Gasteiger partial charge on any atom is -0.454 e. The van der Waals surface area contributed by atoms with E-state index >= 15 is 0 Å². The number of hydrogen-bond donors (Lipinski definition) is 1. The largest absolute Gasteiger partial charge is 0.454 e. The van der Waals surface area contributed by atoms with Gasteiger partial charge >= 0.3 is 0 Å². The van der Waals surface area contributed by atoms with Gasteiger partial charge in [0, 0.05) is 19.1 Å². The minimum atomic E-state index is 0.317. The van der Waals surface area contributed by atoms with Crippen molar-refractivity contribution >= 4 is 15.9 Å². The second kappa shape index (κ2) is 5.69. The highest BCUT2D eigenvalue weighted by atomic mass is 79.9. The van der Waals surface area contributed by atoms with Crippen LogP contribution in [-0.2, 0) is 6.54 Å². The third-order valence-corrected chi connectivity index (χ3v) is 4.46. The van der Waals surface area contributed by atoms with E-state index in [0.29, 0.717) is 12.8 Å². The summed E-state index contributed by atoms with van der Waals surface area (Å²) in [4.78, 5) is 2.43. The number of hydrogen-bond acceptors (Lipinski definition) is 4. The lowest BCUT2D eigenvalue weighted by Crippen LogP contribution is -2.35. The van der Waals surface area contributed by atoms with Gasteiger partial charge in [-0.3, -0.25) is 0 Å². The van der Waals surface area contributed by atoms with Crippen molar-refractivity contribution in [2.45, 2.75) is 25.4 Å². The van der Waals surface area contributed by atoms with Gasteiger partial charge < -0.3 is 19.7 Å². The number of rotatable bonds is 4. The monoisotopic (exact) mass is 326 g/mol. The molecular weight excluding hydrogens is 308 g/mol. The standard InChI is InChI=1S/C14H19BrN2O2/c1-17-4-2-3-11(17)8-16-7-10-5-12(15)14-13(6-10)18-9-19-14/h5-6,11,16H,2-4,7-9H2,1H3. The van der Waals surface area contributed by atoms with Gasteiger partial charge in [0.25, 0.3) is 0 Å². The first-order chi connectivity index (χ1) is 9.24. The second-order valence-corrected chi connectivity index (χ2v) is 6.07. The Hall–Kier alpha value is -0.780. The van der Waals surface area contributed by atoms with Crippen LogP contribution in [0.5, 0.6) is 11.5 Å². The molecule has 104 valence electrons. The van der Waals surface area contributed by atoms with Crippen molar-refractivity contribution in [1.82, 2.24) is 10.2 Å². The predicted molar refractivity (Wildman–Crippen MR) is 77.6 cm³/mol. The van der Waals surface area contributed by atoms with E-state index < -0.39 is 0 Å². The van der Waals surface area contributed by atoms with Gasteiger partial charge in [-0.05, 0) is 60.1 Å². The number of likely N-dealkylation sites (N-methyl/N-ethyl adjacent to an activating group) is 1. The summed E-state index contributed by atoms with van der Waals surface area (Å²) in [6, 6.07) is 4.83. The first-order valence-electron chi connectivity index (χ1n) is 6.73. The zero-order valence-corrected chi connectivity index (χ0v) is 12.7. The second-order valence-electron chi connectivity index (χ2n) is 5.22. The van der Waals surface area contributed by atoms with Crippen molar-refractivity contribution in [2.24, 2.45) is 0 Å². The van der Waals surface area contributed by atoms with Gasteiger partial charge in [-0.15, -0.1) is 0 Å². The third-order valence-electron chi connectivity index (χ3n) is 3.87. The number of likely N-dealkylation sites (tertiary alicyclic amines) is 1. The molecule has 2 heterocycles.